The second-order valence-electron chi connectivity index (χ2n) is 15.6. The SMILES string of the molecule is CC/C=C\CC(O)/C=C/C=C/C/C=C\C/C=C\C/C=C\CCC(=O)OC[C@H](COP(=O)(O)O[C@H]1C(O)C(O)C(O)[C@@H](OP(=O)(O)O)C1O)OC(=O)CCCCCCC/C=C\C/C=C\CCC. The summed E-state index contributed by atoms with van der Waals surface area (Å²) in [6.07, 6.45) is 28.6. The molecule has 8 N–H and O–H groups in total. The quantitative estimate of drug-likeness (QED) is 0.0100. The Bertz CT molecular complexity index is 1670. The van der Waals surface area contributed by atoms with Crippen molar-refractivity contribution in [3.63, 3.8) is 0 Å². The number of aliphatic hydroxyl groups is 5. The average molecular weight is 975 g/mol. The molecule has 1 aliphatic carbocycles. The van der Waals surface area contributed by atoms with Gasteiger partial charge in [0.2, 0.25) is 0 Å². The second kappa shape index (κ2) is 36.9. The number of carbonyl (C=O) groups excluding carboxylic acids is 2. The predicted octanol–water partition coefficient (Wildman–Crippen LogP) is 7.36. The van der Waals surface area contributed by atoms with E-state index in [0.717, 1.165) is 70.6 Å². The standard InChI is InChI=1S/C47H76O17P2/c1-3-5-7-8-9-10-11-13-18-21-24-27-31-35-41(50)62-39(37-61-66(58,59)64-47-44(53)42(51)43(52)46(45(47)54)63-65(55,56)57)36-60-40(49)34-30-26-23-20-17-15-12-14-16-19-22-25-29-33-38(48)32-28-6-4-2/h6-8,10-11,14-17,22-23,25-26,28-29,33,38-39,42-48,51-54H,3-5,9,12-13,18-21,24,27,30-32,34-37H2,1-2H3,(H,58,59)(H2,55,56,57)/b8-7-,11-10-,16-14-,17-15-,25-22+,26-23-,28-6-,33-29+/t38?,39-,42?,43?,44?,45?,46-,47+/m1/s1. The maximum absolute atomic E-state index is 13.0. The number of phosphoric acid groups is 2. The lowest BCUT2D eigenvalue weighted by Crippen LogP contribution is -2.64. The molecule has 1 saturated carbocycles. The molecule has 376 valence electrons. The van der Waals surface area contributed by atoms with Crippen LogP contribution in [0.5, 0.6) is 0 Å². The molecule has 0 aromatic rings. The van der Waals surface area contributed by atoms with Crippen LogP contribution in [0.3, 0.4) is 0 Å². The molecule has 6 unspecified atom stereocenters. The Morgan fingerprint density at radius 1 is 0.576 bits per heavy atom. The molecule has 0 saturated heterocycles. The Morgan fingerprint density at radius 2 is 1.14 bits per heavy atom. The molecule has 0 aromatic carbocycles. The lowest BCUT2D eigenvalue weighted by Gasteiger charge is -2.43. The van der Waals surface area contributed by atoms with Gasteiger partial charge < -0.3 is 49.7 Å². The van der Waals surface area contributed by atoms with Crippen LogP contribution in [-0.2, 0) is 41.8 Å². The molecule has 0 bridgehead atoms. The van der Waals surface area contributed by atoms with Gasteiger partial charge in [0.1, 0.15) is 43.2 Å². The number of rotatable bonds is 36. The molecule has 0 heterocycles. The first kappa shape index (κ1) is 60.9. The van der Waals surface area contributed by atoms with Crippen LogP contribution in [0, 0.1) is 0 Å². The summed E-state index contributed by atoms with van der Waals surface area (Å²) >= 11 is 0. The first-order chi connectivity index (χ1) is 31.5. The first-order valence-electron chi connectivity index (χ1n) is 22.9. The van der Waals surface area contributed by atoms with Gasteiger partial charge in [-0.25, -0.2) is 9.13 Å². The summed E-state index contributed by atoms with van der Waals surface area (Å²) in [5.41, 5.74) is 0. The lowest BCUT2D eigenvalue weighted by molar-refractivity contribution is -0.216. The fraction of sp³-hybridized carbons (Fsp3) is 0.617. The number of allylic oxidation sites excluding steroid dienone is 14. The summed E-state index contributed by atoms with van der Waals surface area (Å²) in [5.74, 6) is -1.35. The van der Waals surface area contributed by atoms with E-state index in [1.54, 1.807) is 12.2 Å². The Balaban J connectivity index is 2.67. The van der Waals surface area contributed by atoms with Gasteiger partial charge in [0.25, 0.3) is 0 Å². The highest BCUT2D eigenvalue weighted by Crippen LogP contribution is 2.49. The van der Waals surface area contributed by atoms with Crippen molar-refractivity contribution in [2.75, 3.05) is 13.2 Å². The second-order valence-corrected chi connectivity index (χ2v) is 18.2. The van der Waals surface area contributed by atoms with Crippen molar-refractivity contribution in [3.8, 4) is 0 Å². The first-order valence-corrected chi connectivity index (χ1v) is 25.9. The minimum absolute atomic E-state index is 0.00169. The van der Waals surface area contributed by atoms with E-state index in [1.165, 1.54) is 0 Å². The molecule has 0 aromatic heterocycles. The molecule has 17 nitrogen and oxygen atoms in total. The number of esters is 2. The van der Waals surface area contributed by atoms with Gasteiger partial charge in [-0.2, -0.15) is 0 Å². The lowest BCUT2D eigenvalue weighted by atomic mass is 9.85. The largest absolute Gasteiger partial charge is 0.472 e. The highest BCUT2D eigenvalue weighted by molar-refractivity contribution is 7.47. The Hall–Kier alpha value is -3.12. The molecular weight excluding hydrogens is 898 g/mol. The Morgan fingerprint density at radius 3 is 1.76 bits per heavy atom. The molecule has 0 radical (unpaired) electrons. The van der Waals surface area contributed by atoms with Crippen LogP contribution in [0.4, 0.5) is 0 Å². The molecule has 0 spiro atoms. The summed E-state index contributed by atoms with van der Waals surface area (Å²) < 4.78 is 49.2. The molecule has 9 atom stereocenters. The summed E-state index contributed by atoms with van der Waals surface area (Å²) in [6.45, 7) is 2.73. The zero-order valence-electron chi connectivity index (χ0n) is 38.4. The Kier molecular flexibility index (Phi) is 34.0. The third-order valence-corrected chi connectivity index (χ3v) is 11.2. The number of aliphatic hydroxyl groups excluding tert-OH is 5. The van der Waals surface area contributed by atoms with Crippen LogP contribution in [-0.4, -0.2) is 114 Å². The topological polar surface area (TPSA) is 276 Å². The predicted molar refractivity (Wildman–Crippen MR) is 251 cm³/mol. The zero-order chi connectivity index (χ0) is 49.1. The van der Waals surface area contributed by atoms with Crippen molar-refractivity contribution in [2.45, 2.75) is 172 Å². The van der Waals surface area contributed by atoms with Gasteiger partial charge >= 0.3 is 27.6 Å². The number of ether oxygens (including phenoxy) is 2. The van der Waals surface area contributed by atoms with E-state index in [2.05, 4.69) is 35.8 Å². The summed E-state index contributed by atoms with van der Waals surface area (Å²) in [4.78, 5) is 54.2. The van der Waals surface area contributed by atoms with Crippen LogP contribution < -0.4 is 0 Å². The number of hydrogen-bond donors (Lipinski definition) is 8. The molecule has 1 fully saturated rings. The minimum Gasteiger partial charge on any atom is -0.462 e. The molecule has 66 heavy (non-hydrogen) atoms. The third kappa shape index (κ3) is 31.0. The van der Waals surface area contributed by atoms with E-state index in [4.69, 9.17) is 28.3 Å². The van der Waals surface area contributed by atoms with Crippen LogP contribution >= 0.6 is 15.6 Å². The maximum atomic E-state index is 13.0. The van der Waals surface area contributed by atoms with Crippen LogP contribution in [0.1, 0.15) is 123 Å². The Labute approximate surface area is 390 Å². The van der Waals surface area contributed by atoms with E-state index in [-0.39, 0.29) is 12.8 Å². The fourth-order valence-electron chi connectivity index (χ4n) is 6.17. The van der Waals surface area contributed by atoms with E-state index in [1.807, 2.05) is 67.7 Å². The fourth-order valence-corrected chi connectivity index (χ4v) is 7.71. The maximum Gasteiger partial charge on any atom is 0.472 e. The third-order valence-electron chi connectivity index (χ3n) is 9.72. The molecule has 19 heteroatoms. The van der Waals surface area contributed by atoms with Gasteiger partial charge in [-0.1, -0.05) is 137 Å². The average Bonchev–Trinajstić information content (AvgIpc) is 3.26. The van der Waals surface area contributed by atoms with Crippen LogP contribution in [0.25, 0.3) is 0 Å². The molecular formula is C47H76O17P2. The highest BCUT2D eigenvalue weighted by Gasteiger charge is 2.54. The van der Waals surface area contributed by atoms with E-state index < -0.39 is 89.6 Å². The van der Waals surface area contributed by atoms with Crippen molar-refractivity contribution in [2.24, 2.45) is 0 Å². The zero-order valence-corrected chi connectivity index (χ0v) is 40.2. The minimum atomic E-state index is -5.38. The van der Waals surface area contributed by atoms with E-state index >= 15 is 0 Å². The summed E-state index contributed by atoms with van der Waals surface area (Å²) in [7, 11) is -10.7. The normalized spacial score (nSPS) is 22.9. The van der Waals surface area contributed by atoms with Crippen molar-refractivity contribution >= 4 is 27.6 Å². The number of phosphoric ester groups is 2. The van der Waals surface area contributed by atoms with Crippen molar-refractivity contribution in [1.82, 2.24) is 0 Å². The van der Waals surface area contributed by atoms with Gasteiger partial charge in [-0.15, -0.1) is 0 Å². The monoisotopic (exact) mass is 974 g/mol. The van der Waals surface area contributed by atoms with Crippen molar-refractivity contribution < 1.29 is 82.0 Å². The summed E-state index contributed by atoms with van der Waals surface area (Å²) in [5, 5.41) is 51.0. The smallest absolute Gasteiger partial charge is 0.462 e. The number of hydrogen-bond acceptors (Lipinski definition) is 14. The van der Waals surface area contributed by atoms with E-state index in [9.17, 15) is 49.1 Å². The number of unbranched alkanes of at least 4 members (excludes halogenated alkanes) is 6. The van der Waals surface area contributed by atoms with Crippen molar-refractivity contribution in [1.29, 1.82) is 0 Å². The highest BCUT2D eigenvalue weighted by atomic mass is 31.2. The van der Waals surface area contributed by atoms with Gasteiger partial charge in [0.15, 0.2) is 6.10 Å². The number of carbonyl (C=O) groups is 2. The summed E-state index contributed by atoms with van der Waals surface area (Å²) in [6, 6.07) is 0. The van der Waals surface area contributed by atoms with Gasteiger partial charge in [-0.3, -0.25) is 23.2 Å². The molecule has 1 aliphatic rings. The van der Waals surface area contributed by atoms with Crippen LogP contribution in [0.2, 0.25) is 0 Å². The van der Waals surface area contributed by atoms with Gasteiger partial charge in [0, 0.05) is 12.8 Å². The van der Waals surface area contributed by atoms with Gasteiger partial charge in [0.05, 0.1) is 12.7 Å². The van der Waals surface area contributed by atoms with Gasteiger partial charge in [-0.05, 0) is 70.6 Å². The molecule has 0 aliphatic heterocycles. The molecule has 1 rings (SSSR count). The van der Waals surface area contributed by atoms with Crippen molar-refractivity contribution in [3.05, 3.63) is 97.2 Å². The molecule has 0 amide bonds. The van der Waals surface area contributed by atoms with E-state index in [0.29, 0.717) is 25.7 Å². The van der Waals surface area contributed by atoms with Crippen LogP contribution in [0.15, 0.2) is 97.2 Å².